The van der Waals surface area contributed by atoms with Gasteiger partial charge in [-0.25, -0.2) is 0 Å². The molecule has 1 unspecified atom stereocenters. The van der Waals surface area contributed by atoms with Crippen LogP contribution in [0.2, 0.25) is 0 Å². The van der Waals surface area contributed by atoms with E-state index >= 15 is 0 Å². The first-order valence-electron chi connectivity index (χ1n) is 6.44. The molecule has 1 N–H and O–H groups in total. The average Bonchev–Trinajstić information content (AvgIpc) is 2.42. The van der Waals surface area contributed by atoms with Crippen LogP contribution >= 0.6 is 0 Å². The lowest BCUT2D eigenvalue weighted by Crippen LogP contribution is -2.07. The maximum atomic E-state index is 8.96. The largest absolute Gasteiger partial charge is 0.378 e. The van der Waals surface area contributed by atoms with Crippen LogP contribution in [0.25, 0.3) is 0 Å². The summed E-state index contributed by atoms with van der Waals surface area (Å²) >= 11 is 0. The number of benzene rings is 2. The van der Waals surface area contributed by atoms with Crippen LogP contribution in [0.4, 0.5) is 5.69 Å². The lowest BCUT2D eigenvalue weighted by molar-refractivity contribution is 0.881. The van der Waals surface area contributed by atoms with Gasteiger partial charge in [-0.2, -0.15) is 5.26 Å². The summed E-state index contributed by atoms with van der Waals surface area (Å²) in [6, 6.07) is 16.6. The van der Waals surface area contributed by atoms with Gasteiger partial charge in [-0.05, 0) is 44.0 Å². The molecule has 0 fully saturated rings. The van der Waals surface area contributed by atoms with Gasteiger partial charge < -0.3 is 5.32 Å². The minimum absolute atomic E-state index is 0.216. The van der Waals surface area contributed by atoms with Crippen molar-refractivity contribution in [2.75, 3.05) is 5.32 Å². The van der Waals surface area contributed by atoms with Gasteiger partial charge in [-0.1, -0.05) is 35.9 Å². The van der Waals surface area contributed by atoms with Gasteiger partial charge >= 0.3 is 0 Å². The third-order valence-electron chi connectivity index (χ3n) is 3.32. The first-order chi connectivity index (χ1) is 9.10. The van der Waals surface area contributed by atoms with Crippen LogP contribution < -0.4 is 5.32 Å². The van der Waals surface area contributed by atoms with Crippen LogP contribution in [0.5, 0.6) is 0 Å². The zero-order chi connectivity index (χ0) is 13.8. The van der Waals surface area contributed by atoms with Crippen molar-refractivity contribution in [3.8, 4) is 6.07 Å². The number of anilines is 1. The van der Waals surface area contributed by atoms with Crippen molar-refractivity contribution in [2.45, 2.75) is 26.8 Å². The van der Waals surface area contributed by atoms with Gasteiger partial charge in [-0.15, -0.1) is 0 Å². The Morgan fingerprint density at radius 3 is 2.37 bits per heavy atom. The molecule has 2 aromatic rings. The van der Waals surface area contributed by atoms with E-state index in [1.807, 2.05) is 25.1 Å². The van der Waals surface area contributed by atoms with Crippen molar-refractivity contribution in [2.24, 2.45) is 0 Å². The minimum Gasteiger partial charge on any atom is -0.378 e. The van der Waals surface area contributed by atoms with Crippen LogP contribution in [0.3, 0.4) is 0 Å². The van der Waals surface area contributed by atoms with Crippen LogP contribution in [-0.2, 0) is 0 Å². The van der Waals surface area contributed by atoms with Gasteiger partial charge in [0.1, 0.15) is 0 Å². The molecule has 0 bridgehead atoms. The number of nitriles is 1. The Bertz CT molecular complexity index is 606. The first kappa shape index (κ1) is 13.2. The Kier molecular flexibility index (Phi) is 3.87. The summed E-state index contributed by atoms with van der Waals surface area (Å²) in [7, 11) is 0. The van der Waals surface area contributed by atoms with E-state index in [1.165, 1.54) is 11.1 Å². The van der Waals surface area contributed by atoms with E-state index in [0.29, 0.717) is 5.56 Å². The number of rotatable bonds is 3. The predicted octanol–water partition coefficient (Wildman–Crippen LogP) is 4.35. The summed E-state index contributed by atoms with van der Waals surface area (Å²) in [4.78, 5) is 0. The molecule has 1 atom stereocenters. The van der Waals surface area contributed by atoms with Crippen LogP contribution in [0.1, 0.15) is 35.2 Å². The molecule has 0 saturated heterocycles. The molecular formula is C17H18N2. The molecule has 0 radical (unpaired) electrons. The highest BCUT2D eigenvalue weighted by Crippen LogP contribution is 2.23. The highest BCUT2D eigenvalue weighted by atomic mass is 14.9. The second-order valence-corrected chi connectivity index (χ2v) is 4.92. The van der Waals surface area contributed by atoms with E-state index in [1.54, 1.807) is 0 Å². The lowest BCUT2D eigenvalue weighted by Gasteiger charge is -2.18. The third kappa shape index (κ3) is 3.14. The highest BCUT2D eigenvalue weighted by molar-refractivity contribution is 5.56. The highest BCUT2D eigenvalue weighted by Gasteiger charge is 2.07. The fourth-order valence-corrected chi connectivity index (χ4v) is 2.02. The second-order valence-electron chi connectivity index (χ2n) is 4.92. The quantitative estimate of drug-likeness (QED) is 0.879. The van der Waals surface area contributed by atoms with Gasteiger partial charge in [0.15, 0.2) is 0 Å². The molecule has 2 nitrogen and oxygen atoms in total. The van der Waals surface area contributed by atoms with Crippen molar-refractivity contribution in [3.63, 3.8) is 0 Å². The first-order valence-corrected chi connectivity index (χ1v) is 6.44. The zero-order valence-corrected chi connectivity index (χ0v) is 11.6. The fourth-order valence-electron chi connectivity index (χ4n) is 2.02. The Hall–Kier alpha value is -2.27. The van der Waals surface area contributed by atoms with E-state index in [2.05, 4.69) is 49.5 Å². The molecule has 2 aromatic carbocycles. The SMILES string of the molecule is Cc1ccc(C(C)Nc2cc(C#N)ccc2C)cc1. The topological polar surface area (TPSA) is 35.8 Å². The van der Waals surface area contributed by atoms with Crippen molar-refractivity contribution >= 4 is 5.69 Å². The van der Waals surface area contributed by atoms with E-state index < -0.39 is 0 Å². The van der Waals surface area contributed by atoms with E-state index in [9.17, 15) is 0 Å². The monoisotopic (exact) mass is 250 g/mol. The molecule has 0 amide bonds. The van der Waals surface area contributed by atoms with Crippen LogP contribution in [-0.4, -0.2) is 0 Å². The molecule has 0 aromatic heterocycles. The molecule has 2 heteroatoms. The lowest BCUT2D eigenvalue weighted by atomic mass is 10.0. The van der Waals surface area contributed by atoms with Crippen molar-refractivity contribution in [1.82, 2.24) is 0 Å². The Morgan fingerprint density at radius 1 is 1.05 bits per heavy atom. The molecule has 19 heavy (non-hydrogen) atoms. The average molecular weight is 250 g/mol. The number of hydrogen-bond acceptors (Lipinski definition) is 2. The normalized spacial score (nSPS) is 11.7. The van der Waals surface area contributed by atoms with Crippen LogP contribution in [0.15, 0.2) is 42.5 Å². The predicted molar refractivity (Wildman–Crippen MR) is 79.1 cm³/mol. The van der Waals surface area contributed by atoms with Gasteiger partial charge in [-0.3, -0.25) is 0 Å². The van der Waals surface area contributed by atoms with Gasteiger partial charge in [0.05, 0.1) is 11.6 Å². The van der Waals surface area contributed by atoms with Crippen LogP contribution in [0, 0.1) is 25.2 Å². The summed E-state index contributed by atoms with van der Waals surface area (Å²) in [6.07, 6.45) is 0. The van der Waals surface area contributed by atoms with Crippen molar-refractivity contribution in [3.05, 3.63) is 64.7 Å². The number of aryl methyl sites for hydroxylation is 2. The molecular weight excluding hydrogens is 232 g/mol. The van der Waals surface area contributed by atoms with E-state index in [-0.39, 0.29) is 6.04 Å². The molecule has 0 aliphatic heterocycles. The molecule has 0 spiro atoms. The summed E-state index contributed by atoms with van der Waals surface area (Å²) in [6.45, 7) is 6.26. The second kappa shape index (κ2) is 5.58. The smallest absolute Gasteiger partial charge is 0.0992 e. The minimum atomic E-state index is 0.216. The van der Waals surface area contributed by atoms with Crippen molar-refractivity contribution < 1.29 is 0 Å². The summed E-state index contributed by atoms with van der Waals surface area (Å²) in [5.41, 5.74) is 5.36. The number of nitrogens with zero attached hydrogens (tertiary/aromatic N) is 1. The Labute approximate surface area is 114 Å². The molecule has 0 heterocycles. The van der Waals surface area contributed by atoms with E-state index in [4.69, 9.17) is 5.26 Å². The molecule has 0 aliphatic rings. The van der Waals surface area contributed by atoms with Crippen molar-refractivity contribution in [1.29, 1.82) is 5.26 Å². The Balaban J connectivity index is 2.21. The zero-order valence-electron chi connectivity index (χ0n) is 11.6. The van der Waals surface area contributed by atoms with Gasteiger partial charge in [0.25, 0.3) is 0 Å². The fraction of sp³-hybridized carbons (Fsp3) is 0.235. The number of nitrogens with one attached hydrogen (secondary N) is 1. The maximum absolute atomic E-state index is 8.96. The summed E-state index contributed by atoms with van der Waals surface area (Å²) in [5, 5.41) is 12.4. The summed E-state index contributed by atoms with van der Waals surface area (Å²) < 4.78 is 0. The molecule has 96 valence electrons. The Morgan fingerprint density at radius 2 is 1.74 bits per heavy atom. The molecule has 0 aliphatic carbocycles. The molecule has 2 rings (SSSR count). The standard InChI is InChI=1S/C17H18N2/c1-12-4-8-16(9-5-12)14(3)19-17-10-15(11-18)7-6-13(17)2/h4-10,14,19H,1-3H3. The third-order valence-corrected chi connectivity index (χ3v) is 3.32. The van der Waals surface area contributed by atoms with E-state index in [0.717, 1.165) is 11.3 Å². The number of hydrogen-bond donors (Lipinski definition) is 1. The van der Waals surface area contributed by atoms with Gasteiger partial charge in [0, 0.05) is 11.7 Å². The summed E-state index contributed by atoms with van der Waals surface area (Å²) in [5.74, 6) is 0. The maximum Gasteiger partial charge on any atom is 0.0992 e. The van der Waals surface area contributed by atoms with Gasteiger partial charge in [0.2, 0.25) is 0 Å². The molecule has 0 saturated carbocycles.